The molecule has 2 rings (SSSR count). The molecular formula is C16H19N3S. The van der Waals surface area contributed by atoms with E-state index in [0.29, 0.717) is 5.11 Å². The van der Waals surface area contributed by atoms with Crippen LogP contribution >= 0.6 is 12.2 Å². The number of aryl methyl sites for hydroxylation is 2. The third kappa shape index (κ3) is 4.97. The van der Waals surface area contributed by atoms with Gasteiger partial charge in [0.15, 0.2) is 5.11 Å². The largest absolute Gasteiger partial charge is 0.362 e. The van der Waals surface area contributed by atoms with Gasteiger partial charge in [-0.1, -0.05) is 36.4 Å². The van der Waals surface area contributed by atoms with E-state index in [1.165, 1.54) is 5.56 Å². The number of nitrogens with one attached hydrogen (secondary N) is 2. The summed E-state index contributed by atoms with van der Waals surface area (Å²) < 4.78 is 0. The molecule has 0 fully saturated rings. The predicted molar refractivity (Wildman–Crippen MR) is 88.0 cm³/mol. The Morgan fingerprint density at radius 2 is 1.90 bits per heavy atom. The summed E-state index contributed by atoms with van der Waals surface area (Å²) in [7, 11) is 0. The number of benzene rings is 1. The quantitative estimate of drug-likeness (QED) is 0.653. The zero-order valence-corrected chi connectivity index (χ0v) is 12.4. The molecule has 1 aromatic heterocycles. The van der Waals surface area contributed by atoms with Gasteiger partial charge in [0.25, 0.3) is 0 Å². The molecule has 104 valence electrons. The molecule has 0 bridgehead atoms. The van der Waals surface area contributed by atoms with Crippen LogP contribution in [0, 0.1) is 6.92 Å². The van der Waals surface area contributed by atoms with Gasteiger partial charge >= 0.3 is 0 Å². The first-order chi connectivity index (χ1) is 9.74. The highest BCUT2D eigenvalue weighted by Gasteiger charge is 1.98. The van der Waals surface area contributed by atoms with Gasteiger partial charge in [0.05, 0.1) is 0 Å². The van der Waals surface area contributed by atoms with E-state index in [-0.39, 0.29) is 0 Å². The van der Waals surface area contributed by atoms with Crippen LogP contribution in [0.3, 0.4) is 0 Å². The molecule has 3 nitrogen and oxygen atoms in total. The summed E-state index contributed by atoms with van der Waals surface area (Å²) in [5.74, 6) is 0.783. The second kappa shape index (κ2) is 7.60. The number of thiocarbonyl (C=S) groups is 1. The lowest BCUT2D eigenvalue weighted by atomic mass is 10.1. The van der Waals surface area contributed by atoms with Gasteiger partial charge in [-0.05, 0) is 49.7 Å². The van der Waals surface area contributed by atoms with E-state index in [1.54, 1.807) is 0 Å². The molecule has 0 saturated carbocycles. The first-order valence-electron chi connectivity index (χ1n) is 6.76. The van der Waals surface area contributed by atoms with Gasteiger partial charge in [0.1, 0.15) is 5.82 Å². The molecule has 0 spiro atoms. The van der Waals surface area contributed by atoms with Crippen LogP contribution in [0.25, 0.3) is 0 Å². The number of nitrogens with zero attached hydrogens (tertiary/aromatic N) is 1. The van der Waals surface area contributed by atoms with E-state index in [4.69, 9.17) is 12.2 Å². The van der Waals surface area contributed by atoms with Crippen LogP contribution in [0.4, 0.5) is 5.82 Å². The smallest absolute Gasteiger partial charge is 0.171 e. The van der Waals surface area contributed by atoms with Crippen molar-refractivity contribution in [2.75, 3.05) is 11.9 Å². The van der Waals surface area contributed by atoms with Gasteiger partial charge in [-0.2, -0.15) is 0 Å². The van der Waals surface area contributed by atoms with Crippen molar-refractivity contribution in [3.8, 4) is 0 Å². The Morgan fingerprint density at radius 1 is 1.10 bits per heavy atom. The fourth-order valence-corrected chi connectivity index (χ4v) is 2.12. The van der Waals surface area contributed by atoms with Crippen LogP contribution in [0.2, 0.25) is 0 Å². The molecule has 20 heavy (non-hydrogen) atoms. The molecule has 0 unspecified atom stereocenters. The fraction of sp³-hybridized carbons (Fsp3) is 0.250. The zero-order chi connectivity index (χ0) is 14.2. The maximum Gasteiger partial charge on any atom is 0.171 e. The van der Waals surface area contributed by atoms with E-state index in [2.05, 4.69) is 39.9 Å². The first kappa shape index (κ1) is 14.5. The molecular weight excluding hydrogens is 266 g/mol. The van der Waals surface area contributed by atoms with E-state index in [0.717, 1.165) is 30.9 Å². The minimum atomic E-state index is 0.621. The van der Waals surface area contributed by atoms with Gasteiger partial charge in [0.2, 0.25) is 0 Å². The Kier molecular flexibility index (Phi) is 5.50. The SMILES string of the molecule is Cc1cccc(NC(=S)NCCCc2ccccc2)n1. The molecule has 1 aromatic carbocycles. The van der Waals surface area contributed by atoms with Gasteiger partial charge in [-0.3, -0.25) is 0 Å². The number of pyridine rings is 1. The maximum atomic E-state index is 5.25. The number of hydrogen-bond donors (Lipinski definition) is 2. The molecule has 0 saturated heterocycles. The average Bonchev–Trinajstić information content (AvgIpc) is 2.45. The lowest BCUT2D eigenvalue weighted by Gasteiger charge is -2.10. The van der Waals surface area contributed by atoms with Crippen LogP contribution < -0.4 is 10.6 Å². The summed E-state index contributed by atoms with van der Waals surface area (Å²) in [6, 6.07) is 16.3. The van der Waals surface area contributed by atoms with Crippen LogP contribution in [0.1, 0.15) is 17.7 Å². The number of rotatable bonds is 5. The molecule has 1 heterocycles. The molecule has 2 N–H and O–H groups in total. The number of aromatic nitrogens is 1. The van der Waals surface area contributed by atoms with Crippen LogP contribution in [-0.4, -0.2) is 16.6 Å². The predicted octanol–water partition coefficient (Wildman–Crippen LogP) is 3.31. The molecule has 2 aromatic rings. The summed E-state index contributed by atoms with van der Waals surface area (Å²) in [5, 5.41) is 6.91. The molecule has 0 atom stereocenters. The molecule has 0 aliphatic heterocycles. The van der Waals surface area contributed by atoms with E-state index < -0.39 is 0 Å². The minimum absolute atomic E-state index is 0.621. The molecule has 4 heteroatoms. The standard InChI is InChI=1S/C16H19N3S/c1-13-7-5-11-15(18-13)19-16(20)17-12-6-10-14-8-3-2-4-9-14/h2-5,7-9,11H,6,10,12H2,1H3,(H2,17,18,19,20). The van der Waals surface area contributed by atoms with Crippen molar-refractivity contribution in [3.63, 3.8) is 0 Å². The number of anilines is 1. The highest BCUT2D eigenvalue weighted by atomic mass is 32.1. The summed E-state index contributed by atoms with van der Waals surface area (Å²) in [6.45, 7) is 2.81. The number of hydrogen-bond acceptors (Lipinski definition) is 2. The van der Waals surface area contributed by atoms with Crippen molar-refractivity contribution in [3.05, 3.63) is 59.8 Å². The van der Waals surface area contributed by atoms with Gasteiger partial charge < -0.3 is 10.6 Å². The van der Waals surface area contributed by atoms with Crippen LogP contribution in [-0.2, 0) is 6.42 Å². The van der Waals surface area contributed by atoms with Crippen molar-refractivity contribution in [2.24, 2.45) is 0 Å². The summed E-state index contributed by atoms with van der Waals surface area (Å²) in [5.41, 5.74) is 2.33. The summed E-state index contributed by atoms with van der Waals surface area (Å²) in [4.78, 5) is 4.35. The van der Waals surface area contributed by atoms with Crippen molar-refractivity contribution < 1.29 is 0 Å². The minimum Gasteiger partial charge on any atom is -0.362 e. The van der Waals surface area contributed by atoms with Crippen molar-refractivity contribution >= 4 is 23.1 Å². The maximum absolute atomic E-state index is 5.25. The topological polar surface area (TPSA) is 37.0 Å². The highest BCUT2D eigenvalue weighted by molar-refractivity contribution is 7.80. The van der Waals surface area contributed by atoms with Crippen molar-refractivity contribution in [2.45, 2.75) is 19.8 Å². The van der Waals surface area contributed by atoms with Crippen molar-refractivity contribution in [1.29, 1.82) is 0 Å². The highest BCUT2D eigenvalue weighted by Crippen LogP contribution is 2.04. The van der Waals surface area contributed by atoms with Crippen LogP contribution in [0.15, 0.2) is 48.5 Å². The Bertz CT molecular complexity index is 555. The van der Waals surface area contributed by atoms with Crippen molar-refractivity contribution in [1.82, 2.24) is 10.3 Å². The lowest BCUT2D eigenvalue weighted by Crippen LogP contribution is -2.29. The Morgan fingerprint density at radius 3 is 2.65 bits per heavy atom. The second-order valence-corrected chi connectivity index (χ2v) is 5.04. The zero-order valence-electron chi connectivity index (χ0n) is 11.6. The lowest BCUT2D eigenvalue weighted by molar-refractivity contribution is 0.777. The van der Waals surface area contributed by atoms with E-state index in [9.17, 15) is 0 Å². The summed E-state index contributed by atoms with van der Waals surface area (Å²) in [6.07, 6.45) is 2.10. The Hall–Kier alpha value is -1.94. The van der Waals surface area contributed by atoms with E-state index >= 15 is 0 Å². The first-order valence-corrected chi connectivity index (χ1v) is 7.17. The van der Waals surface area contributed by atoms with Gasteiger partial charge in [-0.15, -0.1) is 0 Å². The fourth-order valence-electron chi connectivity index (χ4n) is 1.91. The third-order valence-corrected chi connectivity index (χ3v) is 3.15. The summed E-state index contributed by atoms with van der Waals surface area (Å²) >= 11 is 5.25. The van der Waals surface area contributed by atoms with Crippen LogP contribution in [0.5, 0.6) is 0 Å². The molecule has 0 amide bonds. The monoisotopic (exact) mass is 285 g/mol. The van der Waals surface area contributed by atoms with Gasteiger partial charge in [-0.25, -0.2) is 4.98 Å². The molecule has 0 aliphatic rings. The molecule has 0 aliphatic carbocycles. The Balaban J connectivity index is 1.68. The van der Waals surface area contributed by atoms with E-state index in [1.807, 2.05) is 31.2 Å². The average molecular weight is 285 g/mol. The molecule has 0 radical (unpaired) electrons. The van der Waals surface area contributed by atoms with Gasteiger partial charge in [0, 0.05) is 12.2 Å². The second-order valence-electron chi connectivity index (χ2n) is 4.63. The third-order valence-electron chi connectivity index (χ3n) is 2.90. The Labute approximate surface area is 125 Å². The normalized spacial score (nSPS) is 10.1.